The highest BCUT2D eigenvalue weighted by molar-refractivity contribution is 8.13. The highest BCUT2D eigenvalue weighted by Crippen LogP contribution is 2.23. The Kier molecular flexibility index (Phi) is 6.03. The third kappa shape index (κ3) is 6.03. The fraction of sp³-hybridized carbons (Fsp3) is 1.00. The smallest absolute Gasteiger partial charge is 0.232 e. The Hall–Kier alpha value is 0.160. The van der Waals surface area contributed by atoms with Gasteiger partial charge in [0.2, 0.25) is 9.05 Å². The van der Waals surface area contributed by atoms with Crippen molar-refractivity contribution in [3.05, 3.63) is 0 Å². The summed E-state index contributed by atoms with van der Waals surface area (Å²) in [7, 11) is 3.44. The molecule has 0 aliphatic heterocycles. The van der Waals surface area contributed by atoms with Gasteiger partial charge in [-0.1, -0.05) is 0 Å². The second-order valence-electron chi connectivity index (χ2n) is 4.11. The lowest BCUT2D eigenvalue weighted by molar-refractivity contribution is -0.0289. The summed E-state index contributed by atoms with van der Waals surface area (Å²) in [5.74, 6) is -0.0189. The van der Waals surface area contributed by atoms with Crippen molar-refractivity contribution in [1.29, 1.82) is 0 Å². The molecule has 16 heavy (non-hydrogen) atoms. The first-order chi connectivity index (χ1) is 7.51. The van der Waals surface area contributed by atoms with Crippen molar-refractivity contribution in [2.24, 2.45) is 0 Å². The Bertz CT molecular complexity index is 291. The summed E-state index contributed by atoms with van der Waals surface area (Å²) in [6, 6.07) is 0. The van der Waals surface area contributed by atoms with E-state index in [-0.39, 0.29) is 18.0 Å². The van der Waals surface area contributed by atoms with Gasteiger partial charge in [0.15, 0.2) is 0 Å². The van der Waals surface area contributed by atoms with Crippen molar-refractivity contribution in [2.45, 2.75) is 44.3 Å². The Morgan fingerprint density at radius 2 is 2.00 bits per heavy atom. The lowest BCUT2D eigenvalue weighted by atomic mass is 9.95. The number of halogens is 1. The van der Waals surface area contributed by atoms with Gasteiger partial charge in [-0.3, -0.25) is 0 Å². The van der Waals surface area contributed by atoms with Crippen LogP contribution in [0.1, 0.15) is 32.1 Å². The Balaban J connectivity index is 2.13. The molecule has 6 heteroatoms. The van der Waals surface area contributed by atoms with Crippen LogP contribution in [0.15, 0.2) is 0 Å². The van der Waals surface area contributed by atoms with E-state index in [2.05, 4.69) is 0 Å². The molecule has 1 rings (SSSR count). The van der Waals surface area contributed by atoms with Crippen molar-refractivity contribution < 1.29 is 17.9 Å². The first kappa shape index (κ1) is 14.2. The first-order valence-electron chi connectivity index (χ1n) is 5.58. The quantitative estimate of drug-likeness (QED) is 0.547. The van der Waals surface area contributed by atoms with Crippen LogP contribution < -0.4 is 0 Å². The predicted molar refractivity (Wildman–Crippen MR) is 63.3 cm³/mol. The van der Waals surface area contributed by atoms with Crippen molar-refractivity contribution in [3.8, 4) is 0 Å². The van der Waals surface area contributed by atoms with Crippen LogP contribution in [-0.2, 0) is 18.5 Å². The normalized spacial score (nSPS) is 26.9. The second kappa shape index (κ2) is 6.79. The van der Waals surface area contributed by atoms with Crippen LogP contribution in [-0.4, -0.2) is 40.1 Å². The van der Waals surface area contributed by atoms with Gasteiger partial charge in [-0.2, -0.15) is 0 Å². The minimum absolute atomic E-state index is 0.0189. The molecule has 0 aromatic heterocycles. The molecule has 0 aromatic carbocycles. The average molecular weight is 271 g/mol. The number of methoxy groups -OCH3 is 1. The van der Waals surface area contributed by atoms with Crippen LogP contribution in [0.4, 0.5) is 0 Å². The molecule has 2 atom stereocenters. The molecule has 2 unspecified atom stereocenters. The molecule has 1 saturated carbocycles. The van der Waals surface area contributed by atoms with Crippen LogP contribution in [0.25, 0.3) is 0 Å². The van der Waals surface area contributed by atoms with E-state index in [1.54, 1.807) is 7.11 Å². The minimum Gasteiger partial charge on any atom is -0.381 e. The second-order valence-corrected chi connectivity index (χ2v) is 7.01. The maximum atomic E-state index is 10.7. The van der Waals surface area contributed by atoms with Gasteiger partial charge in [0.05, 0.1) is 18.0 Å². The molecular formula is C10H19ClO4S. The molecule has 0 amide bonds. The number of ether oxygens (including phenoxy) is 2. The lowest BCUT2D eigenvalue weighted by Crippen LogP contribution is -2.27. The fourth-order valence-electron chi connectivity index (χ4n) is 1.95. The van der Waals surface area contributed by atoms with E-state index < -0.39 is 9.05 Å². The zero-order valence-corrected chi connectivity index (χ0v) is 11.1. The van der Waals surface area contributed by atoms with E-state index in [1.165, 1.54) is 0 Å². The molecule has 0 N–H and O–H groups in total. The van der Waals surface area contributed by atoms with E-state index in [0.717, 1.165) is 25.7 Å². The summed E-state index contributed by atoms with van der Waals surface area (Å²) >= 11 is 0. The lowest BCUT2D eigenvalue weighted by Gasteiger charge is -2.28. The highest BCUT2D eigenvalue weighted by atomic mass is 35.7. The predicted octanol–water partition coefficient (Wildman–Crippen LogP) is 1.92. The summed E-state index contributed by atoms with van der Waals surface area (Å²) < 4.78 is 32.2. The largest absolute Gasteiger partial charge is 0.381 e. The van der Waals surface area contributed by atoms with Crippen molar-refractivity contribution in [1.82, 2.24) is 0 Å². The molecule has 1 aliphatic carbocycles. The van der Waals surface area contributed by atoms with Crippen LogP contribution in [0, 0.1) is 0 Å². The van der Waals surface area contributed by atoms with Gasteiger partial charge in [0.25, 0.3) is 0 Å². The van der Waals surface area contributed by atoms with E-state index in [0.29, 0.717) is 13.0 Å². The first-order valence-corrected chi connectivity index (χ1v) is 8.06. The summed E-state index contributed by atoms with van der Waals surface area (Å²) in [5.41, 5.74) is 0. The highest BCUT2D eigenvalue weighted by Gasteiger charge is 2.22. The summed E-state index contributed by atoms with van der Waals surface area (Å²) in [6.07, 6.45) is 5.09. The molecule has 1 aliphatic rings. The number of rotatable bonds is 6. The van der Waals surface area contributed by atoms with E-state index in [1.807, 2.05) is 0 Å². The molecule has 96 valence electrons. The van der Waals surface area contributed by atoms with Gasteiger partial charge in [-0.25, -0.2) is 8.42 Å². The number of hydrogen-bond donors (Lipinski definition) is 0. The SMILES string of the molecule is COC1CCCC(OCCCS(=O)(=O)Cl)C1. The standard InChI is InChI=1S/C10H19ClO4S/c1-14-9-4-2-5-10(8-9)15-6-3-7-16(11,12)13/h9-10H,2-8H2,1H3. The summed E-state index contributed by atoms with van der Waals surface area (Å²) in [6.45, 7) is 0.451. The molecule has 0 heterocycles. The van der Waals surface area contributed by atoms with E-state index in [4.69, 9.17) is 20.2 Å². The molecular weight excluding hydrogens is 252 g/mol. The van der Waals surface area contributed by atoms with Gasteiger partial charge >= 0.3 is 0 Å². The number of hydrogen-bond acceptors (Lipinski definition) is 4. The summed E-state index contributed by atoms with van der Waals surface area (Å²) in [5, 5.41) is 0. The van der Waals surface area contributed by atoms with Gasteiger partial charge in [-0.15, -0.1) is 0 Å². The van der Waals surface area contributed by atoms with Gasteiger partial charge in [0, 0.05) is 24.4 Å². The molecule has 4 nitrogen and oxygen atoms in total. The molecule has 0 aromatic rings. The molecule has 0 radical (unpaired) electrons. The monoisotopic (exact) mass is 270 g/mol. The van der Waals surface area contributed by atoms with Crippen molar-refractivity contribution >= 4 is 19.7 Å². The maximum Gasteiger partial charge on any atom is 0.232 e. The topological polar surface area (TPSA) is 52.6 Å². The van der Waals surface area contributed by atoms with E-state index >= 15 is 0 Å². The molecule has 0 saturated heterocycles. The molecule has 1 fully saturated rings. The minimum atomic E-state index is -3.37. The fourth-order valence-corrected chi connectivity index (χ4v) is 2.74. The van der Waals surface area contributed by atoms with E-state index in [9.17, 15) is 8.42 Å². The Labute approximate surface area is 102 Å². The average Bonchev–Trinajstić information content (AvgIpc) is 2.23. The van der Waals surface area contributed by atoms with Crippen molar-refractivity contribution in [2.75, 3.05) is 19.5 Å². The maximum absolute atomic E-state index is 10.7. The van der Waals surface area contributed by atoms with Gasteiger partial charge < -0.3 is 9.47 Å². The summed E-state index contributed by atoms with van der Waals surface area (Å²) in [4.78, 5) is 0. The van der Waals surface area contributed by atoms with Crippen LogP contribution in [0.3, 0.4) is 0 Å². The van der Waals surface area contributed by atoms with Gasteiger partial charge in [-0.05, 0) is 32.1 Å². The van der Waals surface area contributed by atoms with Crippen molar-refractivity contribution in [3.63, 3.8) is 0 Å². The Morgan fingerprint density at radius 3 is 2.62 bits per heavy atom. The Morgan fingerprint density at radius 1 is 1.31 bits per heavy atom. The zero-order chi connectivity index (χ0) is 12.0. The van der Waals surface area contributed by atoms with Crippen LogP contribution in [0.2, 0.25) is 0 Å². The third-order valence-electron chi connectivity index (χ3n) is 2.80. The zero-order valence-electron chi connectivity index (χ0n) is 9.52. The van der Waals surface area contributed by atoms with Gasteiger partial charge in [0.1, 0.15) is 0 Å². The molecule has 0 bridgehead atoms. The molecule has 0 spiro atoms. The van der Waals surface area contributed by atoms with Crippen LogP contribution in [0.5, 0.6) is 0 Å². The third-order valence-corrected chi connectivity index (χ3v) is 4.04. The van der Waals surface area contributed by atoms with Crippen LogP contribution >= 0.6 is 10.7 Å².